The van der Waals surface area contributed by atoms with Crippen LogP contribution in [0.4, 0.5) is 0 Å². The fraction of sp³-hybridized carbons (Fsp3) is 0.538. The third-order valence-electron chi connectivity index (χ3n) is 3.36. The first-order valence-corrected chi connectivity index (χ1v) is 5.65. The summed E-state index contributed by atoms with van der Waals surface area (Å²) in [5.41, 5.74) is 7.16. The zero-order chi connectivity index (χ0) is 11.7. The summed E-state index contributed by atoms with van der Waals surface area (Å²) in [6, 6.07) is 6.27. The van der Waals surface area contributed by atoms with Crippen molar-refractivity contribution in [2.45, 2.75) is 25.3 Å². The zero-order valence-electron chi connectivity index (χ0n) is 10.1. The molecule has 0 radical (unpaired) electrons. The number of rotatable bonds is 4. The first-order chi connectivity index (χ1) is 7.67. The Morgan fingerprint density at radius 2 is 2.06 bits per heavy atom. The lowest BCUT2D eigenvalue weighted by atomic mass is 10.1. The molecule has 0 aliphatic heterocycles. The molecule has 16 heavy (non-hydrogen) atoms. The molecule has 0 saturated heterocycles. The van der Waals surface area contributed by atoms with Crippen LogP contribution in [-0.4, -0.2) is 20.3 Å². The summed E-state index contributed by atoms with van der Waals surface area (Å²) in [6.45, 7) is 2.07. The molecule has 3 atom stereocenters. The maximum absolute atomic E-state index is 5.91. The Bertz CT molecular complexity index is 376. The minimum atomic E-state index is 0.261. The van der Waals surface area contributed by atoms with Crippen LogP contribution in [0.3, 0.4) is 0 Å². The second-order valence-corrected chi connectivity index (χ2v) is 4.47. The minimum Gasteiger partial charge on any atom is -0.497 e. The highest BCUT2D eigenvalue weighted by Gasteiger charge is 2.42. The van der Waals surface area contributed by atoms with Crippen molar-refractivity contribution < 1.29 is 9.47 Å². The average molecular weight is 221 g/mol. The van der Waals surface area contributed by atoms with Crippen LogP contribution in [0.15, 0.2) is 18.2 Å². The molecule has 3 heteroatoms. The Hall–Kier alpha value is -1.22. The van der Waals surface area contributed by atoms with E-state index in [1.54, 1.807) is 14.2 Å². The van der Waals surface area contributed by atoms with Crippen LogP contribution in [-0.2, 0) is 0 Å². The van der Waals surface area contributed by atoms with Crippen LogP contribution in [0.5, 0.6) is 11.5 Å². The van der Waals surface area contributed by atoms with Gasteiger partial charge in [-0.25, -0.2) is 0 Å². The van der Waals surface area contributed by atoms with Crippen molar-refractivity contribution in [3.05, 3.63) is 23.8 Å². The van der Waals surface area contributed by atoms with E-state index >= 15 is 0 Å². The summed E-state index contributed by atoms with van der Waals surface area (Å²) < 4.78 is 10.6. The highest BCUT2D eigenvalue weighted by atomic mass is 16.5. The molecule has 2 rings (SSSR count). The van der Waals surface area contributed by atoms with Gasteiger partial charge in [0.2, 0.25) is 0 Å². The van der Waals surface area contributed by atoms with Crippen molar-refractivity contribution in [3.8, 4) is 11.5 Å². The van der Waals surface area contributed by atoms with E-state index in [2.05, 4.69) is 13.0 Å². The maximum atomic E-state index is 5.91. The van der Waals surface area contributed by atoms with Gasteiger partial charge in [0.05, 0.1) is 14.2 Å². The second kappa shape index (κ2) is 4.34. The lowest BCUT2D eigenvalue weighted by Crippen LogP contribution is -2.18. The SMILES string of the molecule is COc1ccc([C@H]2C[C@@H]2[C@@H](C)N)c(OC)c1. The first-order valence-electron chi connectivity index (χ1n) is 5.65. The molecule has 1 saturated carbocycles. The Labute approximate surface area is 96.5 Å². The Morgan fingerprint density at radius 1 is 1.31 bits per heavy atom. The van der Waals surface area contributed by atoms with Gasteiger partial charge < -0.3 is 15.2 Å². The second-order valence-electron chi connectivity index (χ2n) is 4.47. The average Bonchev–Trinajstić information content (AvgIpc) is 3.08. The lowest BCUT2D eigenvalue weighted by molar-refractivity contribution is 0.390. The Morgan fingerprint density at radius 3 is 2.56 bits per heavy atom. The number of methoxy groups -OCH3 is 2. The number of benzene rings is 1. The summed E-state index contributed by atoms with van der Waals surface area (Å²) in [7, 11) is 3.36. The van der Waals surface area contributed by atoms with Gasteiger partial charge in [-0.05, 0) is 36.8 Å². The number of nitrogens with two attached hydrogens (primary N) is 1. The van der Waals surface area contributed by atoms with Gasteiger partial charge in [0.25, 0.3) is 0 Å². The van der Waals surface area contributed by atoms with Crippen molar-refractivity contribution in [1.82, 2.24) is 0 Å². The van der Waals surface area contributed by atoms with Crippen molar-refractivity contribution in [2.24, 2.45) is 11.7 Å². The predicted molar refractivity (Wildman–Crippen MR) is 64.0 cm³/mol. The first kappa shape index (κ1) is 11.3. The maximum Gasteiger partial charge on any atom is 0.126 e. The zero-order valence-corrected chi connectivity index (χ0v) is 10.1. The largest absolute Gasteiger partial charge is 0.497 e. The van der Waals surface area contributed by atoms with Crippen molar-refractivity contribution in [3.63, 3.8) is 0 Å². The summed E-state index contributed by atoms with van der Waals surface area (Å²) in [5, 5.41) is 0. The van der Waals surface area contributed by atoms with Crippen LogP contribution < -0.4 is 15.2 Å². The summed E-state index contributed by atoms with van der Waals surface area (Å²) >= 11 is 0. The fourth-order valence-electron chi connectivity index (χ4n) is 2.28. The van der Waals surface area contributed by atoms with Gasteiger partial charge in [-0.2, -0.15) is 0 Å². The van der Waals surface area contributed by atoms with E-state index < -0.39 is 0 Å². The predicted octanol–water partition coefficient (Wildman–Crippen LogP) is 2.15. The van der Waals surface area contributed by atoms with E-state index in [9.17, 15) is 0 Å². The van der Waals surface area contributed by atoms with E-state index in [4.69, 9.17) is 15.2 Å². The molecule has 0 spiro atoms. The molecule has 3 nitrogen and oxygen atoms in total. The normalized spacial score (nSPS) is 25.0. The molecule has 1 aliphatic rings. The van der Waals surface area contributed by atoms with Crippen LogP contribution in [0.25, 0.3) is 0 Å². The molecular weight excluding hydrogens is 202 g/mol. The topological polar surface area (TPSA) is 44.5 Å². The Kier molecular flexibility index (Phi) is 3.06. The summed E-state index contributed by atoms with van der Waals surface area (Å²) in [5.74, 6) is 2.90. The summed E-state index contributed by atoms with van der Waals surface area (Å²) in [4.78, 5) is 0. The quantitative estimate of drug-likeness (QED) is 0.847. The third kappa shape index (κ3) is 2.00. The molecular formula is C13H19NO2. The molecule has 0 bridgehead atoms. The van der Waals surface area contributed by atoms with Gasteiger partial charge in [-0.1, -0.05) is 6.07 Å². The van der Waals surface area contributed by atoms with Crippen LogP contribution in [0.2, 0.25) is 0 Å². The van der Waals surface area contributed by atoms with Crippen molar-refractivity contribution in [2.75, 3.05) is 14.2 Å². The monoisotopic (exact) mass is 221 g/mol. The molecule has 1 aromatic rings. The van der Waals surface area contributed by atoms with Gasteiger partial charge in [-0.15, -0.1) is 0 Å². The van der Waals surface area contributed by atoms with E-state index in [0.29, 0.717) is 11.8 Å². The molecule has 0 heterocycles. The number of ether oxygens (including phenoxy) is 2. The molecule has 1 aliphatic carbocycles. The van der Waals surface area contributed by atoms with Crippen LogP contribution in [0.1, 0.15) is 24.8 Å². The fourth-order valence-corrected chi connectivity index (χ4v) is 2.28. The molecule has 1 aromatic carbocycles. The molecule has 0 amide bonds. The molecule has 0 aromatic heterocycles. The van der Waals surface area contributed by atoms with Gasteiger partial charge in [0.15, 0.2) is 0 Å². The van der Waals surface area contributed by atoms with Crippen molar-refractivity contribution in [1.29, 1.82) is 0 Å². The summed E-state index contributed by atoms with van der Waals surface area (Å²) in [6.07, 6.45) is 1.17. The van der Waals surface area contributed by atoms with Crippen LogP contribution in [0, 0.1) is 5.92 Å². The molecule has 88 valence electrons. The molecule has 1 fully saturated rings. The van der Waals surface area contributed by atoms with E-state index in [0.717, 1.165) is 11.5 Å². The molecule has 0 unspecified atom stereocenters. The standard InChI is InChI=1S/C13H19NO2/c1-8(14)11-7-12(11)10-5-4-9(15-2)6-13(10)16-3/h4-6,8,11-12H,7,14H2,1-3H3/t8-,11-,12-/m1/s1. The van der Waals surface area contributed by atoms with E-state index in [1.807, 2.05) is 12.1 Å². The third-order valence-corrected chi connectivity index (χ3v) is 3.36. The van der Waals surface area contributed by atoms with Gasteiger partial charge >= 0.3 is 0 Å². The lowest BCUT2D eigenvalue weighted by Gasteiger charge is -2.11. The van der Waals surface area contributed by atoms with E-state index in [1.165, 1.54) is 12.0 Å². The number of hydrogen-bond donors (Lipinski definition) is 1. The highest BCUT2D eigenvalue weighted by molar-refractivity contribution is 5.45. The van der Waals surface area contributed by atoms with Gasteiger partial charge in [-0.3, -0.25) is 0 Å². The smallest absolute Gasteiger partial charge is 0.126 e. The van der Waals surface area contributed by atoms with Crippen molar-refractivity contribution >= 4 is 0 Å². The van der Waals surface area contributed by atoms with Gasteiger partial charge in [0, 0.05) is 12.1 Å². The minimum absolute atomic E-state index is 0.261. The Balaban J connectivity index is 2.22. The van der Waals surface area contributed by atoms with Gasteiger partial charge in [0.1, 0.15) is 11.5 Å². The highest BCUT2D eigenvalue weighted by Crippen LogP contribution is 2.52. The number of hydrogen-bond acceptors (Lipinski definition) is 3. The van der Waals surface area contributed by atoms with E-state index in [-0.39, 0.29) is 6.04 Å². The molecule has 2 N–H and O–H groups in total. The van der Waals surface area contributed by atoms with Crippen LogP contribution >= 0.6 is 0 Å².